The molecule has 0 saturated heterocycles. The summed E-state index contributed by atoms with van der Waals surface area (Å²) in [6, 6.07) is 5.76. The standard InChI is InChI=1S/C36H54O3S/c1-23(2)9-8-10-24(3)30-15-16-31-28-13-11-25-21-27(17-19-35(25,4)32(28)18-20-36(30,31)5)39-34(40)29-14-12-26(37-6)22-33(29)38-7/h11-12,14,22-24,27-28,30-32H,8-10,13,15-21H2,1-7H3/t24-,27?,28?,30-,31?,32?,35+,36-/m1/s1. The zero-order chi connectivity index (χ0) is 28.7. The van der Waals surface area contributed by atoms with Gasteiger partial charge in [0, 0.05) is 12.5 Å². The lowest BCUT2D eigenvalue weighted by atomic mass is 9.47. The van der Waals surface area contributed by atoms with Crippen LogP contribution in [-0.2, 0) is 4.74 Å². The SMILES string of the molecule is COc1ccc(C(=S)OC2CC[C@@]3(C)C(=CCC4C3CC[C@@]3(C)C4CC[C@@H]3[C@H](C)CCCC(C)C)C2)c(OC)c1. The van der Waals surface area contributed by atoms with Crippen molar-refractivity contribution in [2.45, 2.75) is 111 Å². The second kappa shape index (κ2) is 12.0. The van der Waals surface area contributed by atoms with Gasteiger partial charge in [-0.3, -0.25) is 0 Å². The van der Waals surface area contributed by atoms with Gasteiger partial charge in [0.25, 0.3) is 0 Å². The monoisotopic (exact) mass is 566 g/mol. The van der Waals surface area contributed by atoms with Gasteiger partial charge in [-0.05, 0) is 116 Å². The second-order valence-corrected chi connectivity index (χ2v) is 15.0. The molecular weight excluding hydrogens is 512 g/mol. The summed E-state index contributed by atoms with van der Waals surface area (Å²) >= 11 is 5.77. The Kier molecular flexibility index (Phi) is 8.96. The van der Waals surface area contributed by atoms with E-state index in [0.29, 0.717) is 21.6 Å². The number of hydrogen-bond acceptors (Lipinski definition) is 4. The molecule has 222 valence electrons. The topological polar surface area (TPSA) is 27.7 Å². The Morgan fingerprint density at radius 2 is 1.77 bits per heavy atom. The lowest BCUT2D eigenvalue weighted by Gasteiger charge is -2.58. The Bertz CT molecular complexity index is 1090. The highest BCUT2D eigenvalue weighted by molar-refractivity contribution is 7.80. The summed E-state index contributed by atoms with van der Waals surface area (Å²) in [5.74, 6) is 6.69. The molecule has 1 aromatic carbocycles. The third-order valence-corrected chi connectivity index (χ3v) is 12.5. The lowest BCUT2D eigenvalue weighted by molar-refractivity contribution is -0.0563. The summed E-state index contributed by atoms with van der Waals surface area (Å²) in [6.07, 6.45) is 17.3. The zero-order valence-electron chi connectivity index (χ0n) is 26.3. The van der Waals surface area contributed by atoms with Crippen molar-refractivity contribution in [1.29, 1.82) is 0 Å². The molecule has 0 amide bonds. The van der Waals surface area contributed by atoms with Gasteiger partial charge >= 0.3 is 0 Å². The third-order valence-electron chi connectivity index (χ3n) is 12.2. The Morgan fingerprint density at radius 1 is 0.975 bits per heavy atom. The summed E-state index contributed by atoms with van der Waals surface area (Å²) in [7, 11) is 3.34. The first-order valence-electron chi connectivity index (χ1n) is 16.2. The van der Waals surface area contributed by atoms with Crippen LogP contribution in [0.2, 0.25) is 0 Å². The van der Waals surface area contributed by atoms with Crippen LogP contribution in [0, 0.1) is 46.3 Å². The zero-order valence-corrected chi connectivity index (χ0v) is 27.1. The van der Waals surface area contributed by atoms with Crippen molar-refractivity contribution in [3.63, 3.8) is 0 Å². The van der Waals surface area contributed by atoms with E-state index in [-0.39, 0.29) is 6.10 Å². The molecule has 40 heavy (non-hydrogen) atoms. The van der Waals surface area contributed by atoms with Crippen LogP contribution in [0.1, 0.15) is 111 Å². The summed E-state index contributed by atoms with van der Waals surface area (Å²) in [4.78, 5) is 0. The Balaban J connectivity index is 1.25. The highest BCUT2D eigenvalue weighted by Crippen LogP contribution is 2.67. The average molecular weight is 567 g/mol. The number of ether oxygens (including phenoxy) is 3. The van der Waals surface area contributed by atoms with E-state index in [1.54, 1.807) is 19.8 Å². The van der Waals surface area contributed by atoms with E-state index >= 15 is 0 Å². The molecule has 3 nitrogen and oxygen atoms in total. The summed E-state index contributed by atoms with van der Waals surface area (Å²) in [6.45, 7) is 12.6. The van der Waals surface area contributed by atoms with Gasteiger partial charge in [-0.25, -0.2) is 0 Å². The van der Waals surface area contributed by atoms with Gasteiger partial charge in [0.2, 0.25) is 0 Å². The number of rotatable bonds is 9. The predicted octanol–water partition coefficient (Wildman–Crippen LogP) is 9.81. The number of benzene rings is 1. The second-order valence-electron chi connectivity index (χ2n) is 14.6. The summed E-state index contributed by atoms with van der Waals surface area (Å²) in [5.41, 5.74) is 3.36. The summed E-state index contributed by atoms with van der Waals surface area (Å²) < 4.78 is 17.4. The Labute approximate surface area is 249 Å². The predicted molar refractivity (Wildman–Crippen MR) is 169 cm³/mol. The lowest BCUT2D eigenvalue weighted by Crippen LogP contribution is -2.51. The van der Waals surface area contributed by atoms with Crippen LogP contribution in [0.25, 0.3) is 0 Å². The Hall–Kier alpha value is -1.55. The molecule has 4 unspecified atom stereocenters. The maximum absolute atomic E-state index is 6.47. The molecule has 0 heterocycles. The van der Waals surface area contributed by atoms with Crippen molar-refractivity contribution in [1.82, 2.24) is 0 Å². The molecule has 0 aromatic heterocycles. The quantitative estimate of drug-likeness (QED) is 0.220. The minimum absolute atomic E-state index is 0.145. The maximum atomic E-state index is 6.47. The van der Waals surface area contributed by atoms with E-state index in [2.05, 4.69) is 40.7 Å². The fourth-order valence-electron chi connectivity index (χ4n) is 9.93. The van der Waals surface area contributed by atoms with Gasteiger partial charge < -0.3 is 14.2 Å². The molecule has 0 aliphatic heterocycles. The molecule has 0 spiro atoms. The minimum Gasteiger partial charge on any atom is -0.497 e. The van der Waals surface area contributed by atoms with E-state index in [0.717, 1.165) is 59.7 Å². The average Bonchev–Trinajstić information content (AvgIpc) is 3.29. The van der Waals surface area contributed by atoms with E-state index in [1.807, 2.05) is 18.2 Å². The molecule has 3 saturated carbocycles. The first kappa shape index (κ1) is 29.9. The van der Waals surface area contributed by atoms with Crippen molar-refractivity contribution in [3.05, 3.63) is 35.4 Å². The van der Waals surface area contributed by atoms with Crippen molar-refractivity contribution in [2.75, 3.05) is 14.2 Å². The van der Waals surface area contributed by atoms with Gasteiger partial charge in [0.1, 0.15) is 17.6 Å². The van der Waals surface area contributed by atoms with Gasteiger partial charge in [0.15, 0.2) is 5.05 Å². The number of hydrogen-bond donors (Lipinski definition) is 0. The van der Waals surface area contributed by atoms with Crippen molar-refractivity contribution < 1.29 is 14.2 Å². The number of thiocarbonyl (C=S) groups is 1. The summed E-state index contributed by atoms with van der Waals surface area (Å²) in [5, 5.41) is 0.537. The Morgan fingerprint density at radius 3 is 2.50 bits per heavy atom. The van der Waals surface area contributed by atoms with Crippen LogP contribution in [0.5, 0.6) is 11.5 Å². The first-order chi connectivity index (χ1) is 19.1. The fraction of sp³-hybridized carbons (Fsp3) is 0.750. The van der Waals surface area contributed by atoms with Crippen molar-refractivity contribution >= 4 is 17.3 Å². The fourth-order valence-corrected chi connectivity index (χ4v) is 10.2. The van der Waals surface area contributed by atoms with Crippen LogP contribution >= 0.6 is 12.2 Å². The van der Waals surface area contributed by atoms with Crippen LogP contribution in [-0.4, -0.2) is 25.4 Å². The molecule has 4 aliphatic carbocycles. The van der Waals surface area contributed by atoms with Crippen LogP contribution in [0.4, 0.5) is 0 Å². The van der Waals surface area contributed by atoms with E-state index in [1.165, 1.54) is 57.8 Å². The molecule has 5 rings (SSSR count). The van der Waals surface area contributed by atoms with Crippen LogP contribution < -0.4 is 9.47 Å². The highest BCUT2D eigenvalue weighted by atomic mass is 32.1. The van der Waals surface area contributed by atoms with Gasteiger partial charge in [-0.1, -0.05) is 65.5 Å². The molecule has 0 bridgehead atoms. The highest BCUT2D eigenvalue weighted by Gasteiger charge is 2.59. The van der Waals surface area contributed by atoms with Crippen molar-refractivity contribution in [2.24, 2.45) is 46.3 Å². The largest absolute Gasteiger partial charge is 0.497 e. The normalized spacial score (nSPS) is 35.7. The van der Waals surface area contributed by atoms with E-state index in [4.69, 9.17) is 26.4 Å². The molecular formula is C36H54O3S. The molecule has 3 fully saturated rings. The van der Waals surface area contributed by atoms with Gasteiger partial charge in [-0.2, -0.15) is 0 Å². The molecule has 4 heteroatoms. The molecule has 0 radical (unpaired) electrons. The smallest absolute Gasteiger partial charge is 0.195 e. The van der Waals surface area contributed by atoms with E-state index in [9.17, 15) is 0 Å². The number of allylic oxidation sites excluding steroid dienone is 1. The molecule has 0 N–H and O–H groups in total. The number of methoxy groups -OCH3 is 2. The number of fused-ring (bicyclic) bond motifs is 5. The van der Waals surface area contributed by atoms with Gasteiger partial charge in [0.05, 0.1) is 19.8 Å². The molecule has 4 aliphatic rings. The van der Waals surface area contributed by atoms with Gasteiger partial charge in [-0.15, -0.1) is 0 Å². The van der Waals surface area contributed by atoms with E-state index < -0.39 is 0 Å². The van der Waals surface area contributed by atoms with Crippen LogP contribution in [0.3, 0.4) is 0 Å². The molecule has 1 aromatic rings. The van der Waals surface area contributed by atoms with Crippen molar-refractivity contribution in [3.8, 4) is 11.5 Å². The van der Waals surface area contributed by atoms with Crippen LogP contribution in [0.15, 0.2) is 29.8 Å². The third kappa shape index (κ3) is 5.48. The minimum atomic E-state index is 0.145. The first-order valence-corrected chi connectivity index (χ1v) is 16.6. The maximum Gasteiger partial charge on any atom is 0.195 e. The molecule has 8 atom stereocenters.